The third-order valence-corrected chi connectivity index (χ3v) is 3.44. The molecule has 0 nitrogen and oxygen atoms in total. The fourth-order valence-electron chi connectivity index (χ4n) is 2.19. The van der Waals surface area contributed by atoms with Crippen LogP contribution in [0.3, 0.4) is 0 Å². The van der Waals surface area contributed by atoms with E-state index < -0.39 is 0 Å². The predicted octanol–water partition coefficient (Wildman–Crippen LogP) is 4.02. The smallest absolute Gasteiger partial charge is 0.0172 e. The van der Waals surface area contributed by atoms with Crippen molar-refractivity contribution in [1.82, 2.24) is 0 Å². The lowest BCUT2D eigenvalue weighted by Gasteiger charge is -2.39. The molecular formula is C12H22. The first kappa shape index (κ1) is 9.83. The second-order valence-electron chi connectivity index (χ2n) is 4.40. The minimum atomic E-state index is 0.910. The average Bonchev–Trinajstić information content (AvgIpc) is 2.09. The van der Waals surface area contributed by atoms with Crippen molar-refractivity contribution in [2.24, 2.45) is 17.8 Å². The zero-order valence-corrected chi connectivity index (χ0v) is 8.93. The highest BCUT2D eigenvalue weighted by atomic mass is 14.4. The lowest BCUT2D eigenvalue weighted by atomic mass is 9.66. The van der Waals surface area contributed by atoms with Crippen molar-refractivity contribution >= 4 is 0 Å². The lowest BCUT2D eigenvalue weighted by molar-refractivity contribution is 0.246. The highest BCUT2D eigenvalue weighted by Gasteiger charge is 2.31. The van der Waals surface area contributed by atoms with Gasteiger partial charge in [-0.15, -0.1) is 0 Å². The van der Waals surface area contributed by atoms with Crippen LogP contribution in [-0.2, 0) is 0 Å². The summed E-state index contributed by atoms with van der Waals surface area (Å²) < 4.78 is 0. The van der Waals surface area contributed by atoms with Crippen LogP contribution in [0.25, 0.3) is 0 Å². The van der Waals surface area contributed by atoms with Gasteiger partial charge in [0.2, 0.25) is 0 Å². The summed E-state index contributed by atoms with van der Waals surface area (Å²) in [6, 6.07) is 0. The summed E-state index contributed by atoms with van der Waals surface area (Å²) in [5, 5.41) is 0. The maximum absolute atomic E-state index is 2.39. The molecule has 1 fully saturated rings. The molecule has 0 aromatic carbocycles. The largest absolute Gasteiger partial charge is 0.0882 e. The minimum absolute atomic E-state index is 0.910. The van der Waals surface area contributed by atoms with Crippen molar-refractivity contribution in [3.63, 3.8) is 0 Å². The monoisotopic (exact) mass is 166 g/mol. The van der Waals surface area contributed by atoms with Crippen LogP contribution in [0.5, 0.6) is 0 Å². The second kappa shape index (κ2) is 4.11. The van der Waals surface area contributed by atoms with Crippen LogP contribution in [-0.4, -0.2) is 0 Å². The molecule has 0 bridgehead atoms. The number of hydrogen-bond acceptors (Lipinski definition) is 0. The van der Waals surface area contributed by atoms with Gasteiger partial charge in [0.05, 0.1) is 0 Å². The summed E-state index contributed by atoms with van der Waals surface area (Å²) in [5.74, 6) is 2.78. The van der Waals surface area contributed by atoms with E-state index in [0.717, 1.165) is 17.8 Å². The van der Waals surface area contributed by atoms with Crippen molar-refractivity contribution in [1.29, 1.82) is 0 Å². The van der Waals surface area contributed by atoms with E-state index in [1.807, 2.05) is 0 Å². The van der Waals surface area contributed by atoms with Gasteiger partial charge in [0.1, 0.15) is 0 Å². The van der Waals surface area contributed by atoms with E-state index in [-0.39, 0.29) is 0 Å². The van der Waals surface area contributed by atoms with Gasteiger partial charge in [0.15, 0.2) is 0 Å². The molecule has 3 unspecified atom stereocenters. The van der Waals surface area contributed by atoms with Crippen molar-refractivity contribution in [2.45, 2.75) is 47.0 Å². The average molecular weight is 166 g/mol. The Hall–Kier alpha value is -0.260. The molecule has 0 amide bonds. The number of hydrogen-bond donors (Lipinski definition) is 0. The Morgan fingerprint density at radius 2 is 2.25 bits per heavy atom. The van der Waals surface area contributed by atoms with E-state index in [9.17, 15) is 0 Å². The molecule has 3 atom stereocenters. The fourth-order valence-corrected chi connectivity index (χ4v) is 2.19. The Kier molecular flexibility index (Phi) is 3.37. The van der Waals surface area contributed by atoms with E-state index in [2.05, 4.69) is 33.8 Å². The third kappa shape index (κ3) is 1.91. The van der Waals surface area contributed by atoms with Crippen LogP contribution >= 0.6 is 0 Å². The van der Waals surface area contributed by atoms with Crippen LogP contribution in [0.1, 0.15) is 47.0 Å². The molecule has 0 N–H and O–H groups in total. The van der Waals surface area contributed by atoms with Crippen LogP contribution in [0.4, 0.5) is 0 Å². The Balaban J connectivity index is 2.40. The van der Waals surface area contributed by atoms with Gasteiger partial charge < -0.3 is 0 Å². The van der Waals surface area contributed by atoms with Gasteiger partial charge in [-0.25, -0.2) is 0 Å². The molecule has 0 aliphatic heterocycles. The Labute approximate surface area is 77.1 Å². The lowest BCUT2D eigenvalue weighted by Crippen LogP contribution is -2.28. The molecule has 0 radical (unpaired) electrons. The second-order valence-corrected chi connectivity index (χ2v) is 4.40. The van der Waals surface area contributed by atoms with E-state index >= 15 is 0 Å². The molecule has 1 rings (SSSR count). The molecule has 1 saturated carbocycles. The van der Waals surface area contributed by atoms with E-state index in [1.165, 1.54) is 19.3 Å². The van der Waals surface area contributed by atoms with Gasteiger partial charge in [-0.05, 0) is 37.5 Å². The first-order valence-electron chi connectivity index (χ1n) is 5.34. The molecule has 0 heteroatoms. The van der Waals surface area contributed by atoms with Crippen LogP contribution < -0.4 is 0 Å². The maximum Gasteiger partial charge on any atom is -0.0172 e. The van der Waals surface area contributed by atoms with Crippen LogP contribution in [0.15, 0.2) is 11.6 Å². The van der Waals surface area contributed by atoms with Crippen molar-refractivity contribution in [3.05, 3.63) is 11.6 Å². The Morgan fingerprint density at radius 3 is 2.67 bits per heavy atom. The molecule has 0 aromatic heterocycles. The zero-order valence-electron chi connectivity index (χ0n) is 8.93. The molecule has 0 aromatic rings. The highest BCUT2D eigenvalue weighted by molar-refractivity contribution is 5.17. The summed E-state index contributed by atoms with van der Waals surface area (Å²) in [6.45, 7) is 9.24. The summed E-state index contributed by atoms with van der Waals surface area (Å²) in [6.07, 6.45) is 6.43. The first-order chi connectivity index (χ1) is 5.69. The summed E-state index contributed by atoms with van der Waals surface area (Å²) in [7, 11) is 0. The predicted molar refractivity (Wildman–Crippen MR) is 55.1 cm³/mol. The SMILES string of the molecule is CC=C1CC(C)C1CC(C)CC. The van der Waals surface area contributed by atoms with Gasteiger partial charge in [-0.3, -0.25) is 0 Å². The van der Waals surface area contributed by atoms with E-state index in [1.54, 1.807) is 5.57 Å². The summed E-state index contributed by atoms with van der Waals surface area (Å²) in [5.41, 5.74) is 1.71. The quantitative estimate of drug-likeness (QED) is 0.555. The fraction of sp³-hybridized carbons (Fsp3) is 0.833. The van der Waals surface area contributed by atoms with Crippen molar-refractivity contribution in [2.75, 3.05) is 0 Å². The van der Waals surface area contributed by atoms with Gasteiger partial charge in [-0.1, -0.05) is 38.8 Å². The molecular weight excluding hydrogens is 144 g/mol. The first-order valence-corrected chi connectivity index (χ1v) is 5.34. The minimum Gasteiger partial charge on any atom is -0.0882 e. The molecule has 1 aliphatic carbocycles. The highest BCUT2D eigenvalue weighted by Crippen LogP contribution is 2.43. The molecule has 12 heavy (non-hydrogen) atoms. The topological polar surface area (TPSA) is 0 Å². The van der Waals surface area contributed by atoms with E-state index in [0.29, 0.717) is 0 Å². The van der Waals surface area contributed by atoms with Crippen LogP contribution in [0, 0.1) is 17.8 Å². The number of rotatable bonds is 3. The maximum atomic E-state index is 2.39. The third-order valence-electron chi connectivity index (χ3n) is 3.44. The molecule has 0 saturated heterocycles. The molecule has 0 heterocycles. The van der Waals surface area contributed by atoms with Gasteiger partial charge >= 0.3 is 0 Å². The van der Waals surface area contributed by atoms with Crippen LogP contribution in [0.2, 0.25) is 0 Å². The van der Waals surface area contributed by atoms with Crippen molar-refractivity contribution < 1.29 is 0 Å². The van der Waals surface area contributed by atoms with Gasteiger partial charge in [-0.2, -0.15) is 0 Å². The van der Waals surface area contributed by atoms with Gasteiger partial charge in [0.25, 0.3) is 0 Å². The zero-order chi connectivity index (χ0) is 9.14. The van der Waals surface area contributed by atoms with Gasteiger partial charge in [0, 0.05) is 0 Å². The molecule has 1 aliphatic rings. The Morgan fingerprint density at radius 1 is 1.58 bits per heavy atom. The molecule has 70 valence electrons. The normalized spacial score (nSPS) is 34.8. The number of allylic oxidation sites excluding steroid dienone is 2. The Bertz CT molecular complexity index is 167. The summed E-state index contributed by atoms with van der Waals surface area (Å²) in [4.78, 5) is 0. The summed E-state index contributed by atoms with van der Waals surface area (Å²) >= 11 is 0. The van der Waals surface area contributed by atoms with Crippen molar-refractivity contribution in [3.8, 4) is 0 Å². The van der Waals surface area contributed by atoms with E-state index in [4.69, 9.17) is 0 Å². The standard InChI is InChI=1S/C12H22/c1-5-9(3)7-12-10(4)8-11(12)6-2/h6,9-10,12H,5,7-8H2,1-4H3. The molecule has 0 spiro atoms.